The number of aryl methyl sites for hydroxylation is 2. The number of imidazole rings is 2. The quantitative estimate of drug-likeness (QED) is 0.170. The number of aromatic amines is 1. The van der Waals surface area contributed by atoms with Gasteiger partial charge in [0.2, 0.25) is 11.8 Å². The van der Waals surface area contributed by atoms with Crippen LogP contribution >= 0.6 is 15.9 Å². The first kappa shape index (κ1) is 36.9. The molecule has 0 spiro atoms. The number of pyridine rings is 2. The molecule has 272 valence electrons. The highest BCUT2D eigenvalue weighted by molar-refractivity contribution is 9.10. The lowest BCUT2D eigenvalue weighted by Crippen LogP contribution is -2.33. The van der Waals surface area contributed by atoms with Gasteiger partial charge >= 0.3 is 0 Å². The number of nitrogens with one attached hydrogen (secondary N) is 3. The molecule has 2 aliphatic rings. The summed E-state index contributed by atoms with van der Waals surface area (Å²) in [7, 11) is 3.18. The summed E-state index contributed by atoms with van der Waals surface area (Å²) >= 11 is 3.38. The van der Waals surface area contributed by atoms with Crippen LogP contribution in [0.25, 0.3) is 5.69 Å². The molecule has 2 aliphatic heterocycles. The Morgan fingerprint density at radius 1 is 0.736 bits per heavy atom. The third-order valence-electron chi connectivity index (χ3n) is 7.91. The van der Waals surface area contributed by atoms with Crippen LogP contribution in [-0.2, 0) is 9.68 Å². The van der Waals surface area contributed by atoms with Gasteiger partial charge in [-0.3, -0.25) is 19.7 Å². The molecular weight excluding hydrogens is 740 g/mol. The van der Waals surface area contributed by atoms with E-state index in [4.69, 9.17) is 24.1 Å². The summed E-state index contributed by atoms with van der Waals surface area (Å²) < 4.78 is 13.4. The van der Waals surface area contributed by atoms with E-state index >= 15 is 0 Å². The van der Waals surface area contributed by atoms with Crippen LogP contribution in [0.3, 0.4) is 0 Å². The van der Waals surface area contributed by atoms with E-state index < -0.39 is 0 Å². The molecule has 2 atom stereocenters. The number of hydrogen-bond acceptors (Lipinski definition) is 12. The fourth-order valence-electron chi connectivity index (χ4n) is 5.23. The van der Waals surface area contributed by atoms with Crippen LogP contribution in [0.5, 0.6) is 11.8 Å². The smallest absolute Gasteiger partial charge is 0.238 e. The number of ether oxygens (including phenoxy) is 2. The molecule has 0 amide bonds. The molecule has 15 heteroatoms. The molecule has 3 N–H and O–H groups in total. The Balaban J connectivity index is 0.000000159. The van der Waals surface area contributed by atoms with Crippen LogP contribution in [0.1, 0.15) is 46.0 Å². The molecule has 4 aromatic heterocycles. The van der Waals surface area contributed by atoms with Crippen LogP contribution < -0.4 is 20.4 Å². The van der Waals surface area contributed by atoms with Gasteiger partial charge in [-0.05, 0) is 65.2 Å². The van der Waals surface area contributed by atoms with E-state index in [1.165, 1.54) is 0 Å². The lowest BCUT2D eigenvalue weighted by atomic mass is 10.1. The molecule has 6 aromatic rings. The Kier molecular flexibility index (Phi) is 12.6. The van der Waals surface area contributed by atoms with Gasteiger partial charge in [-0.2, -0.15) is 0 Å². The van der Waals surface area contributed by atoms with Gasteiger partial charge in [-0.15, -0.1) is 0 Å². The number of nitrogens with zero attached hydrogens (tertiary/aromatic N) is 7. The number of amidine groups is 2. The number of H-pyrrole nitrogens is 1. The fraction of sp³-hybridized carbons (Fsp3) is 0.211. The summed E-state index contributed by atoms with van der Waals surface area (Å²) in [5.41, 5.74) is 12.1. The largest absolute Gasteiger partial charge is 0.480 e. The number of methoxy groups -OCH3 is 2. The van der Waals surface area contributed by atoms with Gasteiger partial charge in [0.25, 0.3) is 0 Å². The van der Waals surface area contributed by atoms with Crippen molar-refractivity contribution in [2.75, 3.05) is 27.4 Å². The van der Waals surface area contributed by atoms with Crippen LogP contribution in [0.4, 0.5) is 0 Å². The second-order valence-electron chi connectivity index (χ2n) is 11.7. The highest BCUT2D eigenvalue weighted by Crippen LogP contribution is 2.26. The fourth-order valence-corrected chi connectivity index (χ4v) is 5.62. The summed E-state index contributed by atoms with van der Waals surface area (Å²) in [5.74, 6) is 2.18. The van der Waals surface area contributed by atoms with E-state index in [0.717, 1.165) is 32.7 Å². The lowest BCUT2D eigenvalue weighted by molar-refractivity contribution is 0.0620. The summed E-state index contributed by atoms with van der Waals surface area (Å²) in [6.45, 7) is 4.86. The monoisotopic (exact) mass is 778 g/mol. The SMILES string of the molecule is COc1nc(C2=NC(c3ccccc3)CON2)ccc1-n1cnc(C)c1.COc1nc(C2=NC(c3ccccc3)CON2)ccc1Br.Cc1cnc[nH]1. The molecule has 0 bridgehead atoms. The van der Waals surface area contributed by atoms with Crippen molar-refractivity contribution in [3.8, 4) is 17.4 Å². The predicted octanol–water partition coefficient (Wildman–Crippen LogP) is 6.20. The summed E-state index contributed by atoms with van der Waals surface area (Å²) in [5, 5.41) is 0. The number of hydrogen-bond donors (Lipinski definition) is 3. The Hall–Kier alpha value is -5.90. The number of hydroxylamine groups is 2. The van der Waals surface area contributed by atoms with Crippen molar-refractivity contribution in [3.63, 3.8) is 0 Å². The highest BCUT2D eigenvalue weighted by atomic mass is 79.9. The molecule has 0 saturated heterocycles. The molecule has 8 rings (SSSR count). The molecule has 0 aliphatic carbocycles. The van der Waals surface area contributed by atoms with E-state index in [2.05, 4.69) is 56.8 Å². The van der Waals surface area contributed by atoms with Crippen molar-refractivity contribution in [1.82, 2.24) is 40.4 Å². The second-order valence-corrected chi connectivity index (χ2v) is 12.6. The first-order chi connectivity index (χ1) is 25.9. The van der Waals surface area contributed by atoms with Crippen molar-refractivity contribution in [2.24, 2.45) is 9.98 Å². The Morgan fingerprint density at radius 3 is 1.77 bits per heavy atom. The number of aromatic nitrogens is 6. The highest BCUT2D eigenvalue weighted by Gasteiger charge is 2.21. The number of rotatable bonds is 7. The second kappa shape index (κ2) is 18.0. The molecular formula is C38H39BrN10O4. The van der Waals surface area contributed by atoms with Gasteiger partial charge < -0.3 is 19.0 Å². The zero-order valence-electron chi connectivity index (χ0n) is 29.6. The van der Waals surface area contributed by atoms with Crippen LogP contribution in [-0.4, -0.2) is 68.6 Å². The molecule has 0 saturated carbocycles. The molecule has 14 nitrogen and oxygen atoms in total. The molecule has 53 heavy (non-hydrogen) atoms. The maximum atomic E-state index is 5.52. The summed E-state index contributed by atoms with van der Waals surface area (Å²) in [4.78, 5) is 40.3. The summed E-state index contributed by atoms with van der Waals surface area (Å²) in [6, 6.07) is 27.5. The first-order valence-corrected chi connectivity index (χ1v) is 17.4. The Morgan fingerprint density at radius 2 is 1.30 bits per heavy atom. The van der Waals surface area contributed by atoms with E-state index in [0.29, 0.717) is 48.0 Å². The van der Waals surface area contributed by atoms with Crippen molar-refractivity contribution in [2.45, 2.75) is 25.9 Å². The third kappa shape index (κ3) is 9.71. The van der Waals surface area contributed by atoms with Crippen molar-refractivity contribution in [1.29, 1.82) is 0 Å². The minimum Gasteiger partial charge on any atom is -0.480 e. The van der Waals surface area contributed by atoms with Crippen molar-refractivity contribution >= 4 is 27.6 Å². The number of aliphatic imine (C=N–C) groups is 2. The molecule has 2 unspecified atom stereocenters. The standard InChI is InChI=1S/C19H19N5O2.C15H14BrN3O2.C4H6N2/c1-13-10-24(12-20-13)17-9-8-15(22-19(17)25-2)18-21-16(11-26-23-18)14-6-4-3-5-7-14;1-20-15-11(16)7-8-12(18-15)14-17-13(9-21-19-14)10-5-3-2-4-6-10;1-4-2-5-3-6-4/h3-10,12,16H,11H2,1-2H3,(H,21,23);2-8,13H,9H2,1H3,(H,17,19);2-3H,1H3,(H,5,6). The Labute approximate surface area is 315 Å². The van der Waals surface area contributed by atoms with E-state index in [9.17, 15) is 0 Å². The van der Waals surface area contributed by atoms with Gasteiger partial charge in [0.05, 0.1) is 37.0 Å². The maximum absolute atomic E-state index is 5.52. The Bertz CT molecular complexity index is 2130. The average molecular weight is 780 g/mol. The number of halogens is 1. The van der Waals surface area contributed by atoms with Gasteiger partial charge in [0.1, 0.15) is 42.4 Å². The topological polar surface area (TPSA) is 158 Å². The van der Waals surface area contributed by atoms with Gasteiger partial charge in [-0.1, -0.05) is 60.7 Å². The predicted molar refractivity (Wildman–Crippen MR) is 204 cm³/mol. The molecule has 2 aromatic carbocycles. The first-order valence-electron chi connectivity index (χ1n) is 16.6. The maximum Gasteiger partial charge on any atom is 0.238 e. The molecule has 0 fully saturated rings. The molecule has 0 radical (unpaired) electrons. The van der Waals surface area contributed by atoms with Crippen LogP contribution in [0.2, 0.25) is 0 Å². The minimum absolute atomic E-state index is 0.0427. The van der Waals surface area contributed by atoms with E-state index in [1.54, 1.807) is 33.1 Å². The van der Waals surface area contributed by atoms with Gasteiger partial charge in [0, 0.05) is 18.1 Å². The van der Waals surface area contributed by atoms with Crippen LogP contribution in [0, 0.1) is 13.8 Å². The lowest BCUT2D eigenvalue weighted by Gasteiger charge is -2.22. The van der Waals surface area contributed by atoms with E-state index in [-0.39, 0.29) is 12.1 Å². The van der Waals surface area contributed by atoms with Crippen molar-refractivity contribution in [3.05, 3.63) is 148 Å². The van der Waals surface area contributed by atoms with Gasteiger partial charge in [0.15, 0.2) is 11.7 Å². The van der Waals surface area contributed by atoms with E-state index in [1.807, 2.05) is 110 Å². The normalized spacial score (nSPS) is 16.2. The average Bonchev–Trinajstić information content (AvgIpc) is 3.89. The molecule has 6 heterocycles. The zero-order chi connectivity index (χ0) is 37.0. The zero-order valence-corrected chi connectivity index (χ0v) is 31.2. The van der Waals surface area contributed by atoms with Gasteiger partial charge in [-0.25, -0.2) is 30.9 Å². The van der Waals surface area contributed by atoms with Crippen molar-refractivity contribution < 1.29 is 19.1 Å². The number of benzene rings is 2. The summed E-state index contributed by atoms with van der Waals surface area (Å²) in [6.07, 6.45) is 7.10. The minimum atomic E-state index is -0.0729. The third-order valence-corrected chi connectivity index (χ3v) is 8.51. The van der Waals surface area contributed by atoms with Crippen LogP contribution in [0.15, 0.2) is 124 Å².